The zero-order chi connectivity index (χ0) is 17.1. The molecule has 1 atom stereocenters. The van der Waals surface area contributed by atoms with Crippen LogP contribution in [-0.2, 0) is 0 Å². The van der Waals surface area contributed by atoms with E-state index in [0.29, 0.717) is 5.71 Å². The number of hydrogen-bond donors (Lipinski definition) is 1. The van der Waals surface area contributed by atoms with Crippen LogP contribution in [-0.4, -0.2) is 11.1 Å². The molecule has 1 aliphatic rings. The third-order valence-corrected chi connectivity index (χ3v) is 4.98. The van der Waals surface area contributed by atoms with E-state index in [1.807, 2.05) is 13.0 Å². The van der Waals surface area contributed by atoms with Crippen molar-refractivity contribution in [2.75, 3.05) is 10.2 Å². The van der Waals surface area contributed by atoms with E-state index in [4.69, 9.17) is 4.42 Å². The highest BCUT2D eigenvalue weighted by Crippen LogP contribution is 2.45. The van der Waals surface area contributed by atoms with Gasteiger partial charge in [0, 0.05) is 16.5 Å². The number of para-hydroxylation sites is 2. The molecule has 0 fully saturated rings. The summed E-state index contributed by atoms with van der Waals surface area (Å²) in [5.41, 5.74) is 7.19. The van der Waals surface area contributed by atoms with Crippen LogP contribution in [0.15, 0.2) is 52.9 Å². The Morgan fingerprint density at radius 3 is 2.68 bits per heavy atom. The van der Waals surface area contributed by atoms with E-state index in [1.165, 1.54) is 11.3 Å². The molecule has 5 rings (SSSR count). The first-order valence-electron chi connectivity index (χ1n) is 8.58. The van der Waals surface area contributed by atoms with Gasteiger partial charge in [-0.15, -0.1) is 0 Å². The van der Waals surface area contributed by atoms with Crippen molar-refractivity contribution in [3.8, 4) is 0 Å². The first-order valence-corrected chi connectivity index (χ1v) is 8.58. The van der Waals surface area contributed by atoms with Crippen molar-refractivity contribution in [2.45, 2.75) is 26.9 Å². The van der Waals surface area contributed by atoms with Gasteiger partial charge in [-0.1, -0.05) is 24.3 Å². The predicted octanol–water partition coefficient (Wildman–Crippen LogP) is 5.51. The largest absolute Gasteiger partial charge is 0.435 e. The van der Waals surface area contributed by atoms with Crippen LogP contribution in [0.5, 0.6) is 0 Å². The number of anilines is 3. The number of aromatic nitrogens is 1. The number of nitrogens with one attached hydrogen (secondary N) is 1. The van der Waals surface area contributed by atoms with E-state index in [1.54, 1.807) is 0 Å². The summed E-state index contributed by atoms with van der Waals surface area (Å²) < 4.78 is 6.24. The van der Waals surface area contributed by atoms with Crippen LogP contribution < -0.4 is 10.2 Å². The molecule has 1 N–H and O–H groups in total. The first-order chi connectivity index (χ1) is 12.1. The highest BCUT2D eigenvalue weighted by atomic mass is 16.3. The number of aryl methyl sites for hydroxylation is 2. The predicted molar refractivity (Wildman–Crippen MR) is 103 cm³/mol. The van der Waals surface area contributed by atoms with Gasteiger partial charge in [0.2, 0.25) is 5.71 Å². The van der Waals surface area contributed by atoms with Crippen LogP contribution in [0.25, 0.3) is 22.1 Å². The second-order valence-electron chi connectivity index (χ2n) is 6.72. The lowest BCUT2D eigenvalue weighted by atomic mass is 10.1. The highest BCUT2D eigenvalue weighted by Gasteiger charge is 2.30. The van der Waals surface area contributed by atoms with Crippen LogP contribution in [0.1, 0.15) is 18.2 Å². The SMILES string of the molecule is Cc1ccc2c(n1)oc1c(N3c4ccccc4NC3C)c(C)ccc12. The Morgan fingerprint density at radius 2 is 1.80 bits per heavy atom. The number of fused-ring (bicyclic) bond motifs is 4. The Balaban J connectivity index is 1.84. The smallest absolute Gasteiger partial charge is 0.227 e. The van der Waals surface area contributed by atoms with Crippen LogP contribution >= 0.6 is 0 Å². The van der Waals surface area contributed by atoms with Crippen molar-refractivity contribution < 1.29 is 4.42 Å². The van der Waals surface area contributed by atoms with E-state index in [0.717, 1.165) is 33.4 Å². The Bertz CT molecular complexity index is 1130. The summed E-state index contributed by atoms with van der Waals surface area (Å²) in [7, 11) is 0. The highest BCUT2D eigenvalue weighted by molar-refractivity contribution is 6.09. The summed E-state index contributed by atoms with van der Waals surface area (Å²) >= 11 is 0. The maximum atomic E-state index is 6.24. The maximum Gasteiger partial charge on any atom is 0.227 e. The van der Waals surface area contributed by atoms with Gasteiger partial charge in [0.25, 0.3) is 0 Å². The summed E-state index contributed by atoms with van der Waals surface area (Å²) in [4.78, 5) is 6.89. The van der Waals surface area contributed by atoms with Crippen LogP contribution in [0, 0.1) is 13.8 Å². The maximum absolute atomic E-state index is 6.24. The van der Waals surface area contributed by atoms with Gasteiger partial charge in [-0.2, -0.15) is 0 Å². The summed E-state index contributed by atoms with van der Waals surface area (Å²) in [5.74, 6) is 0. The van der Waals surface area contributed by atoms with Gasteiger partial charge in [0.05, 0.1) is 17.1 Å². The fourth-order valence-electron chi connectivity index (χ4n) is 3.81. The molecule has 0 aliphatic carbocycles. The summed E-state index contributed by atoms with van der Waals surface area (Å²) in [6.07, 6.45) is 0.157. The van der Waals surface area contributed by atoms with E-state index in [2.05, 4.69) is 71.5 Å². The van der Waals surface area contributed by atoms with Gasteiger partial charge in [0.15, 0.2) is 5.58 Å². The number of pyridine rings is 1. The summed E-state index contributed by atoms with van der Waals surface area (Å²) in [5, 5.41) is 5.72. The number of hydrogen-bond acceptors (Lipinski definition) is 4. The molecule has 4 nitrogen and oxygen atoms in total. The molecular weight excluding hydrogens is 310 g/mol. The van der Waals surface area contributed by atoms with Gasteiger partial charge in [0.1, 0.15) is 6.17 Å². The molecule has 0 radical (unpaired) electrons. The topological polar surface area (TPSA) is 41.3 Å². The number of benzene rings is 2. The monoisotopic (exact) mass is 329 g/mol. The zero-order valence-corrected chi connectivity index (χ0v) is 14.5. The second kappa shape index (κ2) is 4.99. The Morgan fingerprint density at radius 1 is 1.00 bits per heavy atom. The van der Waals surface area contributed by atoms with Crippen molar-refractivity contribution in [1.82, 2.24) is 4.98 Å². The van der Waals surface area contributed by atoms with Gasteiger partial charge in [-0.05, 0) is 50.6 Å². The molecule has 1 aliphatic heterocycles. The molecule has 4 aromatic rings. The zero-order valence-electron chi connectivity index (χ0n) is 14.5. The average molecular weight is 329 g/mol. The molecule has 124 valence electrons. The van der Waals surface area contributed by atoms with E-state index >= 15 is 0 Å². The van der Waals surface area contributed by atoms with Crippen molar-refractivity contribution in [3.05, 3.63) is 59.8 Å². The van der Waals surface area contributed by atoms with Gasteiger partial charge in [-0.25, -0.2) is 4.98 Å². The lowest BCUT2D eigenvalue weighted by Gasteiger charge is -2.25. The molecule has 0 saturated carbocycles. The molecular formula is C21H19N3O. The molecule has 1 unspecified atom stereocenters. The fourth-order valence-corrected chi connectivity index (χ4v) is 3.81. The van der Waals surface area contributed by atoms with Gasteiger partial charge >= 0.3 is 0 Å². The molecule has 0 saturated heterocycles. The van der Waals surface area contributed by atoms with Crippen molar-refractivity contribution >= 4 is 39.1 Å². The molecule has 25 heavy (non-hydrogen) atoms. The minimum Gasteiger partial charge on any atom is -0.435 e. The van der Waals surface area contributed by atoms with Gasteiger partial charge in [-0.3, -0.25) is 0 Å². The van der Waals surface area contributed by atoms with Crippen LogP contribution in [0.4, 0.5) is 17.1 Å². The second-order valence-corrected chi connectivity index (χ2v) is 6.72. The van der Waals surface area contributed by atoms with Crippen molar-refractivity contribution in [2.24, 2.45) is 0 Å². The molecule has 0 spiro atoms. The summed E-state index contributed by atoms with van der Waals surface area (Å²) in [6, 6.07) is 16.8. The fraction of sp³-hybridized carbons (Fsp3) is 0.190. The lowest BCUT2D eigenvalue weighted by molar-refractivity contribution is 0.650. The van der Waals surface area contributed by atoms with Crippen LogP contribution in [0.3, 0.4) is 0 Å². The van der Waals surface area contributed by atoms with Gasteiger partial charge < -0.3 is 14.6 Å². The Labute approximate surface area is 146 Å². The quantitative estimate of drug-likeness (QED) is 0.500. The normalized spacial score (nSPS) is 16.4. The van der Waals surface area contributed by atoms with E-state index in [-0.39, 0.29) is 6.17 Å². The van der Waals surface area contributed by atoms with E-state index in [9.17, 15) is 0 Å². The molecule has 0 bridgehead atoms. The Hall–Kier alpha value is -3.01. The lowest BCUT2D eigenvalue weighted by Crippen LogP contribution is -2.28. The number of furan rings is 1. The third kappa shape index (κ3) is 1.97. The standard InChI is InChI=1S/C21H19N3O/c1-12-8-10-15-16-11-9-13(2)22-21(16)25-20(15)19(12)24-14(3)23-17-6-4-5-7-18(17)24/h4-11,14,23H,1-3H3. The van der Waals surface area contributed by atoms with Crippen molar-refractivity contribution in [3.63, 3.8) is 0 Å². The molecule has 2 aromatic carbocycles. The minimum absolute atomic E-state index is 0.157. The molecule has 3 heterocycles. The Kier molecular flexibility index (Phi) is 2.86. The molecule has 2 aromatic heterocycles. The number of rotatable bonds is 1. The van der Waals surface area contributed by atoms with Crippen LogP contribution in [0.2, 0.25) is 0 Å². The first kappa shape index (κ1) is 14.3. The third-order valence-electron chi connectivity index (χ3n) is 4.98. The van der Waals surface area contributed by atoms with E-state index < -0.39 is 0 Å². The average Bonchev–Trinajstić information content (AvgIpc) is 3.11. The minimum atomic E-state index is 0.157. The molecule has 4 heteroatoms. The molecule has 0 amide bonds. The van der Waals surface area contributed by atoms with Crippen molar-refractivity contribution in [1.29, 1.82) is 0 Å². The summed E-state index contributed by atoms with van der Waals surface area (Å²) in [6.45, 7) is 6.29. The number of nitrogens with zero attached hydrogens (tertiary/aromatic N) is 2.